The third kappa shape index (κ3) is 4.63. The molecule has 0 saturated heterocycles. The average Bonchev–Trinajstić information content (AvgIpc) is 3.21. The van der Waals surface area contributed by atoms with E-state index in [-0.39, 0.29) is 56.3 Å². The third-order valence-electron chi connectivity index (χ3n) is 4.25. The molecule has 0 saturated carbocycles. The Kier molecular flexibility index (Phi) is 7.23. The van der Waals surface area contributed by atoms with Crippen molar-refractivity contribution in [2.75, 3.05) is 4.90 Å². The zero-order chi connectivity index (χ0) is 18.6. The molecule has 0 atom stereocenters. The Morgan fingerprint density at radius 3 is 1.64 bits per heavy atom. The Morgan fingerprint density at radius 2 is 1.18 bits per heavy atom. The van der Waals surface area contributed by atoms with E-state index >= 15 is 0 Å². The second-order valence-electron chi connectivity index (χ2n) is 6.00. The van der Waals surface area contributed by atoms with Gasteiger partial charge in [-0.05, 0) is 54.1 Å². The quantitative estimate of drug-likeness (QED) is 0.475. The van der Waals surface area contributed by atoms with Crippen molar-refractivity contribution < 1.29 is 61.3 Å². The predicted molar refractivity (Wildman–Crippen MR) is 109 cm³/mol. The maximum atomic E-state index is 11.0. The molecule has 0 aliphatic heterocycles. The Hall–Kier alpha value is -1.73. The van der Waals surface area contributed by atoms with Crippen LogP contribution in [0.1, 0.15) is 9.67 Å². The van der Waals surface area contributed by atoms with Gasteiger partial charge in [0.2, 0.25) is 0 Å². The average molecular weight is 410 g/mol. The van der Waals surface area contributed by atoms with Gasteiger partial charge in [-0.15, -0.1) is 11.3 Å². The fraction of sp³-hybridized carbons (Fsp3) is 0. The Balaban J connectivity index is 0.00000225. The number of carbonyl (C=O) groups is 1. The number of benzene rings is 3. The molecule has 0 bridgehead atoms. The van der Waals surface area contributed by atoms with E-state index in [4.69, 9.17) is 0 Å². The van der Waals surface area contributed by atoms with Crippen molar-refractivity contribution in [2.45, 2.75) is 0 Å². The van der Waals surface area contributed by atoms with Crippen LogP contribution in [-0.4, -0.2) is 5.97 Å². The van der Waals surface area contributed by atoms with Gasteiger partial charge in [0.05, 0.1) is 10.8 Å². The molecule has 5 heteroatoms. The number of thiophene rings is 1. The van der Waals surface area contributed by atoms with Crippen molar-refractivity contribution in [1.29, 1.82) is 0 Å². The summed E-state index contributed by atoms with van der Waals surface area (Å²) < 4.78 is 0. The second-order valence-corrected chi connectivity index (χ2v) is 7.09. The maximum absolute atomic E-state index is 11.0. The molecule has 0 unspecified atom stereocenters. The monoisotopic (exact) mass is 409 g/mol. The molecule has 1 aromatic heterocycles. The van der Waals surface area contributed by atoms with Gasteiger partial charge in [-0.25, -0.2) is 0 Å². The van der Waals surface area contributed by atoms with Crippen molar-refractivity contribution in [1.82, 2.24) is 0 Å². The van der Waals surface area contributed by atoms with E-state index in [1.165, 1.54) is 11.3 Å². The van der Waals surface area contributed by atoms with E-state index in [0.29, 0.717) is 0 Å². The minimum atomic E-state index is -1.14. The smallest absolute Gasteiger partial charge is 0.544 e. The molecular formula is C23H16KNO2S. The van der Waals surface area contributed by atoms with Crippen LogP contribution in [0.5, 0.6) is 0 Å². The molecule has 1 heterocycles. The van der Waals surface area contributed by atoms with Crippen LogP contribution in [-0.2, 0) is 0 Å². The van der Waals surface area contributed by atoms with Gasteiger partial charge >= 0.3 is 51.4 Å². The van der Waals surface area contributed by atoms with Crippen molar-refractivity contribution in [2.24, 2.45) is 0 Å². The van der Waals surface area contributed by atoms with E-state index in [1.807, 2.05) is 66.7 Å². The molecule has 0 amide bonds. The Bertz CT molecular complexity index is 1010. The van der Waals surface area contributed by atoms with Gasteiger partial charge in [-0.2, -0.15) is 0 Å². The largest absolute Gasteiger partial charge is 1.00 e. The molecule has 0 spiro atoms. The van der Waals surface area contributed by atoms with Crippen molar-refractivity contribution >= 4 is 34.4 Å². The predicted octanol–water partition coefficient (Wildman–Crippen LogP) is 2.25. The summed E-state index contributed by atoms with van der Waals surface area (Å²) in [4.78, 5) is 14.3. The molecule has 4 aromatic rings. The van der Waals surface area contributed by atoms with Crippen LogP contribution in [0.4, 0.5) is 17.1 Å². The van der Waals surface area contributed by atoms with Gasteiger partial charge in [-0.1, -0.05) is 48.5 Å². The van der Waals surface area contributed by atoms with Crippen molar-refractivity contribution in [3.8, 4) is 10.4 Å². The van der Waals surface area contributed by atoms with Crippen LogP contribution in [0.3, 0.4) is 0 Å². The summed E-state index contributed by atoms with van der Waals surface area (Å²) in [5.41, 5.74) is 4.17. The summed E-state index contributed by atoms with van der Waals surface area (Å²) in [5, 5.41) is 11.0. The molecule has 0 aliphatic carbocycles. The van der Waals surface area contributed by atoms with E-state index < -0.39 is 5.97 Å². The number of hydrogen-bond donors (Lipinski definition) is 0. The van der Waals surface area contributed by atoms with E-state index in [0.717, 1.165) is 27.5 Å². The van der Waals surface area contributed by atoms with Gasteiger partial charge in [0, 0.05) is 21.9 Å². The van der Waals surface area contributed by atoms with Gasteiger partial charge in [0.1, 0.15) is 0 Å². The fourth-order valence-corrected chi connectivity index (χ4v) is 3.83. The number of nitrogens with zero attached hydrogens (tertiary/aromatic N) is 1. The van der Waals surface area contributed by atoms with E-state index in [2.05, 4.69) is 29.2 Å². The summed E-state index contributed by atoms with van der Waals surface area (Å²) in [6, 6.07) is 31.9. The van der Waals surface area contributed by atoms with E-state index in [1.54, 1.807) is 6.07 Å². The first-order chi connectivity index (χ1) is 13.2. The number of carboxylic acid groups (broad SMARTS) is 1. The topological polar surface area (TPSA) is 43.4 Å². The number of anilines is 3. The summed E-state index contributed by atoms with van der Waals surface area (Å²) in [7, 11) is 0. The van der Waals surface area contributed by atoms with Crippen LogP contribution < -0.4 is 61.4 Å². The maximum Gasteiger partial charge on any atom is 1.00 e. The molecule has 132 valence electrons. The van der Waals surface area contributed by atoms with Crippen LogP contribution >= 0.6 is 11.3 Å². The summed E-state index contributed by atoms with van der Waals surface area (Å²) in [6.07, 6.45) is 0. The number of rotatable bonds is 5. The second kappa shape index (κ2) is 9.65. The normalized spacial score (nSPS) is 10.1. The standard InChI is InChI=1S/C23H17NO2S.K/c25-23(26)22-16-15-21(27-22)17-11-13-20(14-12-17)24(18-7-3-1-4-8-18)19-9-5-2-6-10-19;/h1-16H,(H,25,26);/q;+1/p-1. The first-order valence-corrected chi connectivity index (χ1v) is 9.36. The molecule has 3 aromatic carbocycles. The number of hydrogen-bond acceptors (Lipinski definition) is 4. The number of carbonyl (C=O) groups excluding carboxylic acids is 1. The summed E-state index contributed by atoms with van der Waals surface area (Å²) in [5.74, 6) is -1.14. The first-order valence-electron chi connectivity index (χ1n) is 8.54. The number of para-hydroxylation sites is 2. The van der Waals surface area contributed by atoms with Crippen LogP contribution in [0, 0.1) is 0 Å². The minimum Gasteiger partial charge on any atom is -0.544 e. The van der Waals surface area contributed by atoms with Crippen molar-refractivity contribution in [3.63, 3.8) is 0 Å². The summed E-state index contributed by atoms with van der Waals surface area (Å²) in [6.45, 7) is 0. The molecule has 0 fully saturated rings. The van der Waals surface area contributed by atoms with Gasteiger partial charge in [0.25, 0.3) is 0 Å². The molecule has 0 radical (unpaired) electrons. The van der Waals surface area contributed by atoms with Crippen LogP contribution in [0.15, 0.2) is 97.1 Å². The number of carboxylic acids is 1. The summed E-state index contributed by atoms with van der Waals surface area (Å²) >= 11 is 1.23. The zero-order valence-corrected chi connectivity index (χ0v) is 19.3. The molecule has 0 N–H and O–H groups in total. The third-order valence-corrected chi connectivity index (χ3v) is 5.36. The van der Waals surface area contributed by atoms with Crippen LogP contribution in [0.2, 0.25) is 0 Å². The Morgan fingerprint density at radius 1 is 0.679 bits per heavy atom. The fourth-order valence-electron chi connectivity index (χ4n) is 2.98. The molecule has 3 nitrogen and oxygen atoms in total. The van der Waals surface area contributed by atoms with Crippen molar-refractivity contribution in [3.05, 3.63) is 102 Å². The number of aromatic carboxylic acids is 1. The molecule has 0 aliphatic rings. The van der Waals surface area contributed by atoms with Gasteiger partial charge in [-0.3, -0.25) is 0 Å². The van der Waals surface area contributed by atoms with Gasteiger partial charge < -0.3 is 14.8 Å². The molecular weight excluding hydrogens is 393 g/mol. The van der Waals surface area contributed by atoms with Crippen LogP contribution in [0.25, 0.3) is 10.4 Å². The molecule has 28 heavy (non-hydrogen) atoms. The molecule has 4 rings (SSSR count). The first kappa shape index (κ1) is 21.0. The SMILES string of the molecule is O=C([O-])c1ccc(-c2ccc(N(c3ccccc3)c3ccccc3)cc2)s1.[K+]. The Labute approximate surface area is 210 Å². The minimum absolute atomic E-state index is 0. The van der Waals surface area contributed by atoms with Gasteiger partial charge in [0.15, 0.2) is 0 Å². The zero-order valence-electron chi connectivity index (χ0n) is 15.4. The van der Waals surface area contributed by atoms with E-state index in [9.17, 15) is 9.90 Å².